The Morgan fingerprint density at radius 3 is 2.74 bits per heavy atom. The van der Waals surface area contributed by atoms with Crippen molar-refractivity contribution in [3.05, 3.63) is 29.6 Å². The highest BCUT2D eigenvalue weighted by molar-refractivity contribution is 6.20. The van der Waals surface area contributed by atoms with Crippen molar-refractivity contribution in [1.29, 1.82) is 0 Å². The lowest BCUT2D eigenvalue weighted by atomic mass is 10.1. The third-order valence-electron chi connectivity index (χ3n) is 3.48. The fourth-order valence-corrected chi connectivity index (χ4v) is 2.64. The van der Waals surface area contributed by atoms with Crippen LogP contribution in [0.25, 0.3) is 11.0 Å². The first-order valence-electron chi connectivity index (χ1n) is 6.66. The van der Waals surface area contributed by atoms with Crippen LogP contribution in [0.3, 0.4) is 0 Å². The number of halogens is 1. The summed E-state index contributed by atoms with van der Waals surface area (Å²) in [4.78, 5) is 4.69. The molecule has 3 nitrogen and oxygen atoms in total. The molecule has 0 N–H and O–H groups in total. The second-order valence-corrected chi connectivity index (χ2v) is 5.68. The molecule has 2 aromatic rings. The maximum atomic E-state index is 6.30. The average molecular weight is 281 g/mol. The minimum absolute atomic E-state index is 0.100. The number of ether oxygens (including phenoxy) is 1. The molecule has 0 saturated carbocycles. The average Bonchev–Trinajstić information content (AvgIpc) is 2.77. The molecule has 104 valence electrons. The maximum absolute atomic E-state index is 6.30. The van der Waals surface area contributed by atoms with Crippen LogP contribution >= 0.6 is 11.6 Å². The van der Waals surface area contributed by atoms with Crippen molar-refractivity contribution in [3.8, 4) is 0 Å². The number of imidazole rings is 1. The molecule has 1 aromatic heterocycles. The number of methoxy groups -OCH3 is 1. The summed E-state index contributed by atoms with van der Waals surface area (Å²) >= 11 is 6.30. The van der Waals surface area contributed by atoms with Gasteiger partial charge in [0, 0.05) is 19.8 Å². The van der Waals surface area contributed by atoms with Gasteiger partial charge in [-0.1, -0.05) is 12.1 Å². The summed E-state index contributed by atoms with van der Waals surface area (Å²) < 4.78 is 7.45. The van der Waals surface area contributed by atoms with Gasteiger partial charge in [-0.25, -0.2) is 4.98 Å². The van der Waals surface area contributed by atoms with E-state index in [0.29, 0.717) is 6.04 Å². The van der Waals surface area contributed by atoms with Crippen molar-refractivity contribution < 1.29 is 4.74 Å². The van der Waals surface area contributed by atoms with Gasteiger partial charge in [0.05, 0.1) is 16.4 Å². The predicted molar refractivity (Wildman–Crippen MR) is 79.9 cm³/mol. The third kappa shape index (κ3) is 2.77. The second-order valence-electron chi connectivity index (χ2n) is 5.03. The zero-order chi connectivity index (χ0) is 14.0. The van der Waals surface area contributed by atoms with Gasteiger partial charge >= 0.3 is 0 Å². The van der Waals surface area contributed by atoms with Crippen molar-refractivity contribution in [2.75, 3.05) is 13.7 Å². The van der Waals surface area contributed by atoms with E-state index in [0.717, 1.165) is 24.4 Å². The number of hydrogen-bond donors (Lipinski definition) is 0. The van der Waals surface area contributed by atoms with Crippen LogP contribution in [-0.4, -0.2) is 23.3 Å². The summed E-state index contributed by atoms with van der Waals surface area (Å²) in [5, 5.41) is -0.100. The van der Waals surface area contributed by atoms with Crippen LogP contribution in [0.4, 0.5) is 0 Å². The molecule has 0 aliphatic heterocycles. The molecule has 2 unspecified atom stereocenters. The number of hydrogen-bond acceptors (Lipinski definition) is 2. The highest BCUT2D eigenvalue weighted by atomic mass is 35.5. The van der Waals surface area contributed by atoms with E-state index in [-0.39, 0.29) is 5.38 Å². The van der Waals surface area contributed by atoms with Crippen LogP contribution in [0.15, 0.2) is 18.2 Å². The van der Waals surface area contributed by atoms with Crippen LogP contribution in [0.1, 0.15) is 43.1 Å². The van der Waals surface area contributed by atoms with E-state index in [9.17, 15) is 0 Å². The lowest BCUT2D eigenvalue weighted by Gasteiger charge is -2.19. The smallest absolute Gasteiger partial charge is 0.127 e. The zero-order valence-corrected chi connectivity index (χ0v) is 12.7. The fraction of sp³-hybridized carbons (Fsp3) is 0.533. The Kier molecular flexibility index (Phi) is 4.48. The molecule has 2 atom stereocenters. The molecule has 0 spiro atoms. The van der Waals surface area contributed by atoms with Gasteiger partial charge in [0.25, 0.3) is 0 Å². The summed E-state index contributed by atoms with van der Waals surface area (Å²) in [5.74, 6) is 0.939. The Labute approximate surface area is 119 Å². The number of fused-ring (bicyclic) bond motifs is 1. The van der Waals surface area contributed by atoms with Crippen LogP contribution in [0.2, 0.25) is 0 Å². The van der Waals surface area contributed by atoms with E-state index < -0.39 is 0 Å². The summed E-state index contributed by atoms with van der Waals surface area (Å²) in [6.07, 6.45) is 0.951. The van der Waals surface area contributed by atoms with E-state index in [1.54, 1.807) is 7.11 Å². The van der Waals surface area contributed by atoms with Crippen LogP contribution in [-0.2, 0) is 4.74 Å². The number of aromatic nitrogens is 2. The van der Waals surface area contributed by atoms with Gasteiger partial charge in [0.15, 0.2) is 0 Å². The highest BCUT2D eigenvalue weighted by Gasteiger charge is 2.19. The van der Waals surface area contributed by atoms with Crippen molar-refractivity contribution in [1.82, 2.24) is 9.55 Å². The number of alkyl halides is 1. The number of benzene rings is 1. The van der Waals surface area contributed by atoms with Gasteiger partial charge in [-0.15, -0.1) is 11.6 Å². The Morgan fingerprint density at radius 2 is 2.11 bits per heavy atom. The van der Waals surface area contributed by atoms with Crippen LogP contribution < -0.4 is 0 Å². The van der Waals surface area contributed by atoms with E-state index in [4.69, 9.17) is 21.3 Å². The first-order valence-corrected chi connectivity index (χ1v) is 7.10. The number of rotatable bonds is 5. The first-order chi connectivity index (χ1) is 9.06. The fourth-order valence-electron chi connectivity index (χ4n) is 2.48. The Balaban J connectivity index is 2.57. The number of nitrogens with zero attached hydrogens (tertiary/aromatic N) is 2. The Bertz CT molecular complexity index is 563. The van der Waals surface area contributed by atoms with Crippen LogP contribution in [0.5, 0.6) is 0 Å². The third-order valence-corrected chi connectivity index (χ3v) is 3.67. The largest absolute Gasteiger partial charge is 0.385 e. The van der Waals surface area contributed by atoms with Gasteiger partial charge < -0.3 is 9.30 Å². The van der Waals surface area contributed by atoms with Crippen molar-refractivity contribution in [3.63, 3.8) is 0 Å². The molecule has 0 amide bonds. The van der Waals surface area contributed by atoms with E-state index in [2.05, 4.69) is 24.5 Å². The SMILES string of the molecule is COCCC(C)n1c(C(C)Cl)nc2cccc(C)c21. The first kappa shape index (κ1) is 14.4. The molecule has 2 rings (SSSR count). The molecule has 0 saturated heterocycles. The maximum Gasteiger partial charge on any atom is 0.127 e. The standard InChI is InChI=1S/C15H21ClN2O/c1-10-6-5-7-13-14(10)18(11(2)8-9-19-4)15(17-13)12(3)16/h5-7,11-12H,8-9H2,1-4H3. The van der Waals surface area contributed by atoms with Crippen LogP contribution in [0, 0.1) is 6.92 Å². The molecule has 0 fully saturated rings. The summed E-state index contributed by atoms with van der Waals surface area (Å²) in [7, 11) is 1.73. The van der Waals surface area contributed by atoms with E-state index >= 15 is 0 Å². The zero-order valence-electron chi connectivity index (χ0n) is 12.0. The molecule has 19 heavy (non-hydrogen) atoms. The molecule has 0 aliphatic carbocycles. The van der Waals surface area contributed by atoms with E-state index in [1.165, 1.54) is 11.1 Å². The quantitative estimate of drug-likeness (QED) is 0.766. The number of aryl methyl sites for hydroxylation is 1. The van der Waals surface area contributed by atoms with Crippen molar-refractivity contribution >= 4 is 22.6 Å². The van der Waals surface area contributed by atoms with Gasteiger partial charge in [-0.3, -0.25) is 0 Å². The van der Waals surface area contributed by atoms with Gasteiger partial charge in [0.2, 0.25) is 0 Å². The molecular formula is C15H21ClN2O. The Hall–Kier alpha value is -1.06. The highest BCUT2D eigenvalue weighted by Crippen LogP contribution is 2.30. The Morgan fingerprint density at radius 1 is 1.37 bits per heavy atom. The predicted octanol–water partition coefficient (Wildman–Crippen LogP) is 4.24. The van der Waals surface area contributed by atoms with Crippen molar-refractivity contribution in [2.24, 2.45) is 0 Å². The van der Waals surface area contributed by atoms with Gasteiger partial charge in [0.1, 0.15) is 5.82 Å². The molecular weight excluding hydrogens is 260 g/mol. The summed E-state index contributed by atoms with van der Waals surface area (Å²) in [6.45, 7) is 7.02. The minimum Gasteiger partial charge on any atom is -0.385 e. The molecule has 4 heteroatoms. The molecule has 1 aromatic carbocycles. The van der Waals surface area contributed by atoms with E-state index in [1.807, 2.05) is 19.1 Å². The molecule has 0 bridgehead atoms. The second kappa shape index (κ2) is 5.93. The molecule has 0 radical (unpaired) electrons. The molecule has 1 heterocycles. The lowest BCUT2D eigenvalue weighted by Crippen LogP contribution is -2.12. The van der Waals surface area contributed by atoms with Gasteiger partial charge in [-0.05, 0) is 38.8 Å². The normalized spacial score (nSPS) is 14.8. The topological polar surface area (TPSA) is 27.1 Å². The lowest BCUT2D eigenvalue weighted by molar-refractivity contribution is 0.181. The summed E-state index contributed by atoms with van der Waals surface area (Å²) in [5.41, 5.74) is 3.44. The van der Waals surface area contributed by atoms with Gasteiger partial charge in [-0.2, -0.15) is 0 Å². The summed E-state index contributed by atoms with van der Waals surface area (Å²) in [6, 6.07) is 6.52. The molecule has 0 aliphatic rings. The van der Waals surface area contributed by atoms with Crippen molar-refractivity contribution in [2.45, 2.75) is 38.6 Å². The monoisotopic (exact) mass is 280 g/mol. The number of para-hydroxylation sites is 1. The minimum atomic E-state index is -0.100.